The number of carbonyl (C=O) groups is 2. The summed E-state index contributed by atoms with van der Waals surface area (Å²) in [5, 5.41) is 2.93. The fourth-order valence-electron chi connectivity index (χ4n) is 3.21. The van der Waals surface area contributed by atoms with Crippen molar-refractivity contribution in [3.05, 3.63) is 59.7 Å². The van der Waals surface area contributed by atoms with Gasteiger partial charge < -0.3 is 20.7 Å². The second-order valence-corrected chi connectivity index (χ2v) is 6.71. The van der Waals surface area contributed by atoms with E-state index in [9.17, 15) is 9.59 Å². The largest absolute Gasteiger partial charge is 0.497 e. The Morgan fingerprint density at radius 1 is 1.00 bits per heavy atom. The number of para-hydroxylation sites is 1. The third kappa shape index (κ3) is 6.52. The Morgan fingerprint density at radius 2 is 1.63 bits per heavy atom. The molecule has 164 valence electrons. The lowest BCUT2D eigenvalue weighted by atomic mass is 10.1. The molecule has 30 heavy (non-hydrogen) atoms. The lowest BCUT2D eigenvalue weighted by Gasteiger charge is -2.35. The van der Waals surface area contributed by atoms with Crippen LogP contribution in [0.3, 0.4) is 0 Å². The number of hydrogen-bond donors (Lipinski definition) is 2. The first kappa shape index (κ1) is 25.6. The van der Waals surface area contributed by atoms with Gasteiger partial charge in [0.1, 0.15) is 5.75 Å². The molecule has 2 aromatic carbocycles. The molecule has 0 atom stereocenters. The summed E-state index contributed by atoms with van der Waals surface area (Å²) in [6, 6.07) is 14.2. The molecule has 0 bridgehead atoms. The highest BCUT2D eigenvalue weighted by molar-refractivity contribution is 5.99. The summed E-state index contributed by atoms with van der Waals surface area (Å²) < 4.78 is 5.10. The van der Waals surface area contributed by atoms with Crippen LogP contribution in [0.15, 0.2) is 48.5 Å². The van der Waals surface area contributed by atoms with E-state index in [2.05, 4.69) is 10.2 Å². The van der Waals surface area contributed by atoms with Crippen LogP contribution in [0.25, 0.3) is 0 Å². The molecule has 1 aliphatic heterocycles. The number of hydrogen-bond acceptors (Lipinski definition) is 5. The molecule has 0 radical (unpaired) electrons. The molecule has 0 aliphatic carbocycles. The highest BCUT2D eigenvalue weighted by Gasteiger charge is 2.23. The van der Waals surface area contributed by atoms with E-state index in [1.165, 1.54) is 0 Å². The van der Waals surface area contributed by atoms with Crippen molar-refractivity contribution in [3.8, 4) is 5.75 Å². The number of nitrogen functional groups attached to an aromatic ring is 1. The van der Waals surface area contributed by atoms with Gasteiger partial charge in [-0.25, -0.2) is 0 Å². The van der Waals surface area contributed by atoms with Gasteiger partial charge in [0.2, 0.25) is 0 Å². The van der Waals surface area contributed by atoms with Crippen LogP contribution in [-0.2, 0) is 0 Å². The minimum Gasteiger partial charge on any atom is -0.497 e. The van der Waals surface area contributed by atoms with Gasteiger partial charge >= 0.3 is 0 Å². The lowest BCUT2D eigenvalue weighted by molar-refractivity contribution is 0.0639. The van der Waals surface area contributed by atoms with Crippen LogP contribution in [0.4, 0.5) is 5.69 Å². The molecule has 0 saturated carbocycles. The minimum absolute atomic E-state index is 0. The number of halogens is 2. The molecule has 1 aliphatic rings. The first-order valence-electron chi connectivity index (χ1n) is 9.37. The fourth-order valence-corrected chi connectivity index (χ4v) is 3.21. The smallest absolute Gasteiger partial charge is 0.256 e. The highest BCUT2D eigenvalue weighted by atomic mass is 35.5. The maximum Gasteiger partial charge on any atom is 0.256 e. The Kier molecular flexibility index (Phi) is 10.5. The third-order valence-electron chi connectivity index (χ3n) is 4.92. The zero-order chi connectivity index (χ0) is 19.9. The van der Waals surface area contributed by atoms with E-state index in [1.807, 2.05) is 17.0 Å². The Balaban J connectivity index is 0.00000225. The molecule has 0 spiro atoms. The van der Waals surface area contributed by atoms with E-state index in [0.29, 0.717) is 36.4 Å². The fraction of sp³-hybridized carbons (Fsp3) is 0.333. The maximum atomic E-state index is 12.6. The number of nitrogens with two attached hydrogens (primary N) is 1. The first-order valence-corrected chi connectivity index (χ1v) is 9.37. The van der Waals surface area contributed by atoms with Gasteiger partial charge in [0.15, 0.2) is 0 Å². The SMILES string of the molecule is COc1ccc(C(=O)NCCN2CCN(C(=O)c3ccccc3N)CC2)cc1.Cl.Cl. The molecular weight excluding hydrogens is 427 g/mol. The van der Waals surface area contributed by atoms with E-state index >= 15 is 0 Å². The average Bonchev–Trinajstić information content (AvgIpc) is 2.74. The Morgan fingerprint density at radius 3 is 2.23 bits per heavy atom. The van der Waals surface area contributed by atoms with Crippen molar-refractivity contribution < 1.29 is 14.3 Å². The van der Waals surface area contributed by atoms with Crippen LogP contribution in [0.1, 0.15) is 20.7 Å². The van der Waals surface area contributed by atoms with Gasteiger partial charge in [-0.2, -0.15) is 0 Å². The van der Waals surface area contributed by atoms with E-state index in [1.54, 1.807) is 43.5 Å². The predicted molar refractivity (Wildman–Crippen MR) is 123 cm³/mol. The summed E-state index contributed by atoms with van der Waals surface area (Å²) in [6.45, 7) is 4.16. The number of rotatable bonds is 6. The molecule has 3 N–H and O–H groups in total. The number of carbonyl (C=O) groups excluding carboxylic acids is 2. The van der Waals surface area contributed by atoms with Crippen molar-refractivity contribution in [1.29, 1.82) is 0 Å². The molecule has 2 aromatic rings. The van der Waals surface area contributed by atoms with Crippen molar-refractivity contribution in [2.75, 3.05) is 52.1 Å². The number of piperazine rings is 1. The Bertz CT molecular complexity index is 825. The second kappa shape index (κ2) is 12.3. The number of anilines is 1. The number of amides is 2. The van der Waals surface area contributed by atoms with Crippen LogP contribution in [0.5, 0.6) is 5.75 Å². The van der Waals surface area contributed by atoms with E-state index in [0.717, 1.165) is 25.4 Å². The molecule has 9 heteroatoms. The maximum absolute atomic E-state index is 12.6. The van der Waals surface area contributed by atoms with Gasteiger partial charge in [-0.3, -0.25) is 14.5 Å². The van der Waals surface area contributed by atoms with Crippen LogP contribution < -0.4 is 15.8 Å². The Labute approximate surface area is 189 Å². The van der Waals surface area contributed by atoms with Crippen molar-refractivity contribution in [1.82, 2.24) is 15.1 Å². The van der Waals surface area contributed by atoms with Gasteiger partial charge in [-0.05, 0) is 36.4 Å². The van der Waals surface area contributed by atoms with Crippen LogP contribution in [-0.4, -0.2) is 68.0 Å². The number of methoxy groups -OCH3 is 1. The monoisotopic (exact) mass is 454 g/mol. The molecule has 2 amide bonds. The van der Waals surface area contributed by atoms with Crippen LogP contribution >= 0.6 is 24.8 Å². The predicted octanol–water partition coefficient (Wildman–Crippen LogP) is 2.31. The van der Waals surface area contributed by atoms with E-state index < -0.39 is 0 Å². The van der Waals surface area contributed by atoms with Crippen LogP contribution in [0, 0.1) is 0 Å². The van der Waals surface area contributed by atoms with Gasteiger partial charge in [-0.15, -0.1) is 24.8 Å². The summed E-state index contributed by atoms with van der Waals surface area (Å²) in [5.41, 5.74) is 7.58. The van der Waals surface area contributed by atoms with Crippen LogP contribution in [0.2, 0.25) is 0 Å². The summed E-state index contributed by atoms with van der Waals surface area (Å²) >= 11 is 0. The zero-order valence-electron chi connectivity index (χ0n) is 16.9. The molecular formula is C21H28Cl2N4O3. The summed E-state index contributed by atoms with van der Waals surface area (Å²) in [5.74, 6) is 0.600. The molecule has 1 saturated heterocycles. The second-order valence-electron chi connectivity index (χ2n) is 6.71. The molecule has 0 aromatic heterocycles. The normalized spacial score (nSPS) is 13.6. The summed E-state index contributed by atoms with van der Waals surface area (Å²) in [7, 11) is 1.59. The average molecular weight is 455 g/mol. The molecule has 7 nitrogen and oxygen atoms in total. The highest BCUT2D eigenvalue weighted by Crippen LogP contribution is 2.15. The lowest BCUT2D eigenvalue weighted by Crippen LogP contribution is -2.50. The zero-order valence-corrected chi connectivity index (χ0v) is 18.5. The van der Waals surface area contributed by atoms with E-state index in [-0.39, 0.29) is 36.6 Å². The van der Waals surface area contributed by atoms with Gasteiger partial charge in [0.05, 0.1) is 12.7 Å². The first-order chi connectivity index (χ1) is 13.6. The number of benzene rings is 2. The van der Waals surface area contributed by atoms with Crippen molar-refractivity contribution in [3.63, 3.8) is 0 Å². The molecule has 1 heterocycles. The Hall–Kier alpha value is -2.48. The number of nitrogens with one attached hydrogen (secondary N) is 1. The molecule has 3 rings (SSSR count). The minimum atomic E-state index is -0.101. The van der Waals surface area contributed by atoms with Gasteiger partial charge in [0, 0.05) is 50.5 Å². The number of ether oxygens (including phenoxy) is 1. The van der Waals surface area contributed by atoms with Crippen molar-refractivity contribution >= 4 is 42.3 Å². The third-order valence-corrected chi connectivity index (χ3v) is 4.92. The molecule has 1 fully saturated rings. The summed E-state index contributed by atoms with van der Waals surface area (Å²) in [4.78, 5) is 28.8. The van der Waals surface area contributed by atoms with Crippen molar-refractivity contribution in [2.24, 2.45) is 0 Å². The van der Waals surface area contributed by atoms with Gasteiger partial charge in [-0.1, -0.05) is 12.1 Å². The number of nitrogens with zero attached hydrogens (tertiary/aromatic N) is 2. The van der Waals surface area contributed by atoms with E-state index in [4.69, 9.17) is 10.5 Å². The molecule has 0 unspecified atom stereocenters. The van der Waals surface area contributed by atoms with Crippen molar-refractivity contribution in [2.45, 2.75) is 0 Å². The standard InChI is InChI=1S/C21H26N4O3.2ClH/c1-28-17-8-6-16(7-9-17)20(26)23-10-11-24-12-14-25(15-13-24)21(27)18-4-2-3-5-19(18)22;;/h2-9H,10-15,22H2,1H3,(H,23,26);2*1H. The quantitative estimate of drug-likeness (QED) is 0.653. The topological polar surface area (TPSA) is 87.9 Å². The summed E-state index contributed by atoms with van der Waals surface area (Å²) in [6.07, 6.45) is 0. The van der Waals surface area contributed by atoms with Gasteiger partial charge in [0.25, 0.3) is 11.8 Å².